The van der Waals surface area contributed by atoms with Crippen molar-refractivity contribution in [1.82, 2.24) is 5.32 Å². The molecule has 3 N–H and O–H groups in total. The molecule has 0 spiro atoms. The number of carbonyl (C=O) groups is 2. The number of carbonyl (C=O) groups excluding carboxylic acids is 2. The number of rotatable bonds is 3. The third kappa shape index (κ3) is 3.70. The lowest BCUT2D eigenvalue weighted by molar-refractivity contribution is -0.122. The summed E-state index contributed by atoms with van der Waals surface area (Å²) in [5.74, 6) is -0.558. The van der Waals surface area contributed by atoms with Gasteiger partial charge in [-0.15, -0.1) is 0 Å². The molecule has 0 bridgehead atoms. The SMILES string of the molecule is NC(=O)C1CCCC(NC(=O)c2cccc(Cl)c2)C1. The van der Waals surface area contributed by atoms with Crippen LogP contribution in [0, 0.1) is 5.92 Å². The van der Waals surface area contributed by atoms with Crippen molar-refractivity contribution >= 4 is 23.4 Å². The minimum Gasteiger partial charge on any atom is -0.369 e. The summed E-state index contributed by atoms with van der Waals surface area (Å²) < 4.78 is 0. The molecule has 1 aromatic rings. The van der Waals surface area contributed by atoms with Crippen molar-refractivity contribution in [2.45, 2.75) is 31.7 Å². The van der Waals surface area contributed by atoms with E-state index in [2.05, 4.69) is 5.32 Å². The van der Waals surface area contributed by atoms with Gasteiger partial charge in [-0.05, 0) is 37.5 Å². The predicted octanol–water partition coefficient (Wildman–Crippen LogP) is 2.11. The molecule has 2 rings (SSSR count). The number of nitrogens with one attached hydrogen (secondary N) is 1. The average Bonchev–Trinajstić information content (AvgIpc) is 2.39. The largest absolute Gasteiger partial charge is 0.369 e. The summed E-state index contributed by atoms with van der Waals surface area (Å²) in [6.07, 6.45) is 3.24. The Morgan fingerprint density at radius 3 is 2.79 bits per heavy atom. The Morgan fingerprint density at radius 2 is 2.11 bits per heavy atom. The van der Waals surface area contributed by atoms with Crippen LogP contribution in [0.4, 0.5) is 0 Å². The fourth-order valence-corrected chi connectivity index (χ4v) is 2.67. The van der Waals surface area contributed by atoms with Gasteiger partial charge < -0.3 is 11.1 Å². The number of primary amides is 1. The Balaban J connectivity index is 1.97. The van der Waals surface area contributed by atoms with Crippen LogP contribution in [0.2, 0.25) is 5.02 Å². The molecule has 19 heavy (non-hydrogen) atoms. The van der Waals surface area contributed by atoms with Crippen LogP contribution in [0.1, 0.15) is 36.0 Å². The number of halogens is 1. The monoisotopic (exact) mass is 280 g/mol. The molecule has 0 aromatic heterocycles. The van der Waals surface area contributed by atoms with Gasteiger partial charge in [-0.3, -0.25) is 9.59 Å². The first kappa shape index (κ1) is 13.9. The molecule has 0 saturated heterocycles. The molecule has 0 radical (unpaired) electrons. The summed E-state index contributed by atoms with van der Waals surface area (Å²) in [6.45, 7) is 0. The highest BCUT2D eigenvalue weighted by molar-refractivity contribution is 6.30. The van der Waals surface area contributed by atoms with Crippen molar-refractivity contribution in [2.75, 3.05) is 0 Å². The van der Waals surface area contributed by atoms with Gasteiger partial charge >= 0.3 is 0 Å². The summed E-state index contributed by atoms with van der Waals surface area (Å²) in [5.41, 5.74) is 5.86. The Kier molecular flexibility index (Phi) is 4.43. The Labute approximate surface area is 117 Å². The summed E-state index contributed by atoms with van der Waals surface area (Å²) >= 11 is 5.86. The third-order valence-electron chi connectivity index (χ3n) is 3.50. The van der Waals surface area contributed by atoms with Crippen LogP contribution in [0.15, 0.2) is 24.3 Å². The smallest absolute Gasteiger partial charge is 0.251 e. The molecule has 1 aliphatic rings. The standard InChI is InChI=1S/C14H17ClN2O2/c15-11-5-1-4-10(7-11)14(19)17-12-6-2-3-9(8-12)13(16)18/h1,4-5,7,9,12H,2-3,6,8H2,(H2,16,18)(H,17,19). The topological polar surface area (TPSA) is 72.2 Å². The second-order valence-electron chi connectivity index (χ2n) is 4.95. The average molecular weight is 281 g/mol. The minimum absolute atomic E-state index is 0.0118. The van der Waals surface area contributed by atoms with E-state index < -0.39 is 0 Å². The maximum Gasteiger partial charge on any atom is 0.251 e. The molecule has 1 saturated carbocycles. The van der Waals surface area contributed by atoms with Gasteiger partial charge in [0.15, 0.2) is 0 Å². The second kappa shape index (κ2) is 6.06. The zero-order valence-corrected chi connectivity index (χ0v) is 11.3. The number of hydrogen-bond acceptors (Lipinski definition) is 2. The fourth-order valence-electron chi connectivity index (χ4n) is 2.48. The first-order chi connectivity index (χ1) is 9.06. The van der Waals surface area contributed by atoms with Crippen molar-refractivity contribution in [2.24, 2.45) is 11.7 Å². The normalized spacial score (nSPS) is 22.8. The highest BCUT2D eigenvalue weighted by Gasteiger charge is 2.26. The van der Waals surface area contributed by atoms with E-state index in [4.69, 9.17) is 17.3 Å². The highest BCUT2D eigenvalue weighted by Crippen LogP contribution is 2.24. The summed E-state index contributed by atoms with van der Waals surface area (Å²) in [4.78, 5) is 23.2. The molecular weight excluding hydrogens is 264 g/mol. The Bertz CT molecular complexity index is 490. The second-order valence-corrected chi connectivity index (χ2v) is 5.38. The van der Waals surface area contributed by atoms with Crippen LogP contribution < -0.4 is 11.1 Å². The number of hydrogen-bond donors (Lipinski definition) is 2. The number of amides is 2. The van der Waals surface area contributed by atoms with Crippen molar-refractivity contribution in [1.29, 1.82) is 0 Å². The van der Waals surface area contributed by atoms with Gasteiger partial charge in [-0.25, -0.2) is 0 Å². The van der Waals surface area contributed by atoms with Gasteiger partial charge in [0.25, 0.3) is 5.91 Å². The minimum atomic E-state index is -0.276. The third-order valence-corrected chi connectivity index (χ3v) is 3.73. The molecule has 4 nitrogen and oxygen atoms in total. The molecule has 0 aliphatic heterocycles. The lowest BCUT2D eigenvalue weighted by Crippen LogP contribution is -2.41. The van der Waals surface area contributed by atoms with Crippen LogP contribution in [0.3, 0.4) is 0 Å². The predicted molar refractivity (Wildman–Crippen MR) is 73.9 cm³/mol. The van der Waals surface area contributed by atoms with Crippen LogP contribution >= 0.6 is 11.6 Å². The van der Waals surface area contributed by atoms with E-state index in [-0.39, 0.29) is 23.8 Å². The van der Waals surface area contributed by atoms with Crippen molar-refractivity contribution in [3.8, 4) is 0 Å². The van der Waals surface area contributed by atoms with E-state index in [1.807, 2.05) is 0 Å². The van der Waals surface area contributed by atoms with Gasteiger partial charge in [0.1, 0.15) is 0 Å². The maximum absolute atomic E-state index is 12.1. The van der Waals surface area contributed by atoms with E-state index in [1.54, 1.807) is 24.3 Å². The first-order valence-corrected chi connectivity index (χ1v) is 6.80. The molecule has 2 atom stereocenters. The molecule has 2 unspecified atom stereocenters. The molecule has 102 valence electrons. The fraction of sp³-hybridized carbons (Fsp3) is 0.429. The van der Waals surface area contributed by atoms with Crippen LogP contribution in [0.5, 0.6) is 0 Å². The van der Waals surface area contributed by atoms with Crippen molar-refractivity contribution in [3.05, 3.63) is 34.9 Å². The van der Waals surface area contributed by atoms with Gasteiger partial charge in [0, 0.05) is 22.5 Å². The summed E-state index contributed by atoms with van der Waals surface area (Å²) in [5, 5.41) is 3.48. The zero-order chi connectivity index (χ0) is 13.8. The first-order valence-electron chi connectivity index (χ1n) is 6.42. The van der Waals surface area contributed by atoms with E-state index >= 15 is 0 Å². The van der Waals surface area contributed by atoms with Crippen LogP contribution in [-0.4, -0.2) is 17.9 Å². The van der Waals surface area contributed by atoms with Gasteiger partial charge in [0.05, 0.1) is 0 Å². The van der Waals surface area contributed by atoms with E-state index in [9.17, 15) is 9.59 Å². The molecule has 5 heteroatoms. The maximum atomic E-state index is 12.1. The molecule has 0 heterocycles. The van der Waals surface area contributed by atoms with Gasteiger partial charge in [-0.1, -0.05) is 24.1 Å². The highest BCUT2D eigenvalue weighted by atomic mass is 35.5. The number of benzene rings is 1. The number of nitrogens with two attached hydrogens (primary N) is 1. The van der Waals surface area contributed by atoms with Crippen LogP contribution in [-0.2, 0) is 4.79 Å². The van der Waals surface area contributed by atoms with E-state index in [1.165, 1.54) is 0 Å². The van der Waals surface area contributed by atoms with E-state index in [0.29, 0.717) is 17.0 Å². The molecule has 1 aromatic carbocycles. The lowest BCUT2D eigenvalue weighted by Gasteiger charge is -2.27. The van der Waals surface area contributed by atoms with Crippen molar-refractivity contribution < 1.29 is 9.59 Å². The lowest BCUT2D eigenvalue weighted by atomic mass is 9.85. The van der Waals surface area contributed by atoms with Crippen molar-refractivity contribution in [3.63, 3.8) is 0 Å². The summed E-state index contributed by atoms with van der Waals surface area (Å²) in [7, 11) is 0. The Hall–Kier alpha value is -1.55. The quantitative estimate of drug-likeness (QED) is 0.890. The summed E-state index contributed by atoms with van der Waals surface area (Å²) in [6, 6.07) is 6.82. The molecule has 1 aliphatic carbocycles. The molecule has 1 fully saturated rings. The Morgan fingerprint density at radius 1 is 1.32 bits per heavy atom. The van der Waals surface area contributed by atoms with Gasteiger partial charge in [-0.2, -0.15) is 0 Å². The molecule has 2 amide bonds. The van der Waals surface area contributed by atoms with E-state index in [0.717, 1.165) is 19.3 Å². The van der Waals surface area contributed by atoms with Gasteiger partial charge in [0.2, 0.25) is 5.91 Å². The van der Waals surface area contributed by atoms with Crippen LogP contribution in [0.25, 0.3) is 0 Å². The zero-order valence-electron chi connectivity index (χ0n) is 10.6. The molecular formula is C14H17ClN2O2.